The van der Waals surface area contributed by atoms with Gasteiger partial charge in [-0.05, 0) is 101 Å². The maximum atomic E-state index is 6.32. The van der Waals surface area contributed by atoms with E-state index >= 15 is 0 Å². The van der Waals surface area contributed by atoms with E-state index in [0.29, 0.717) is 0 Å². The molecule has 0 atom stereocenters. The van der Waals surface area contributed by atoms with Crippen molar-refractivity contribution in [3.63, 3.8) is 0 Å². The van der Waals surface area contributed by atoms with Gasteiger partial charge in [-0.3, -0.25) is 0 Å². The first-order chi connectivity index (χ1) is 22.7. The third kappa shape index (κ3) is 4.28. The van der Waals surface area contributed by atoms with Crippen LogP contribution in [0.15, 0.2) is 158 Å². The fourth-order valence-corrected chi connectivity index (χ4v) is 6.84. The van der Waals surface area contributed by atoms with Crippen LogP contribution in [0, 0.1) is 6.92 Å². The summed E-state index contributed by atoms with van der Waals surface area (Å²) in [5.74, 6) is 1.70. The molecule has 1 aliphatic heterocycles. The second-order valence-corrected chi connectivity index (χ2v) is 11.9. The average molecular weight is 591 g/mol. The minimum atomic E-state index is 0.849. The summed E-state index contributed by atoms with van der Waals surface area (Å²) in [5.41, 5.74) is 13.8. The molecule has 0 saturated heterocycles. The van der Waals surface area contributed by atoms with E-state index in [1.165, 1.54) is 49.7 Å². The van der Waals surface area contributed by atoms with Crippen molar-refractivity contribution in [2.45, 2.75) is 6.92 Å². The van der Waals surface area contributed by atoms with E-state index < -0.39 is 0 Å². The maximum absolute atomic E-state index is 6.32. The molecule has 3 heteroatoms. The van der Waals surface area contributed by atoms with Gasteiger partial charge in [-0.25, -0.2) is 0 Å². The van der Waals surface area contributed by atoms with Crippen LogP contribution in [0.2, 0.25) is 0 Å². The van der Waals surface area contributed by atoms with Gasteiger partial charge < -0.3 is 14.6 Å². The first-order valence-electron chi connectivity index (χ1n) is 15.7. The number of fused-ring (bicyclic) bond motifs is 5. The molecule has 0 radical (unpaired) electrons. The SMILES string of the molecule is Cc1ccc(N2c3ccccc3Oc3ccccc32)cc1-c1cc(-c2ccccc2)cc2c1[nH]c1ccc(-c3ccccc3)cc12. The van der Waals surface area contributed by atoms with Crippen molar-refractivity contribution in [1.29, 1.82) is 0 Å². The number of ether oxygens (including phenoxy) is 1. The number of hydrogen-bond acceptors (Lipinski definition) is 2. The zero-order valence-electron chi connectivity index (χ0n) is 25.4. The van der Waals surface area contributed by atoms with Gasteiger partial charge >= 0.3 is 0 Å². The first kappa shape index (κ1) is 26.4. The number of hydrogen-bond donors (Lipinski definition) is 1. The number of aromatic amines is 1. The number of aromatic nitrogens is 1. The van der Waals surface area contributed by atoms with Crippen LogP contribution in [-0.2, 0) is 0 Å². The summed E-state index contributed by atoms with van der Waals surface area (Å²) in [6, 6.07) is 56.0. The Labute approximate surface area is 268 Å². The molecule has 9 rings (SSSR count). The van der Waals surface area contributed by atoms with Crippen molar-refractivity contribution >= 4 is 38.9 Å². The van der Waals surface area contributed by atoms with Gasteiger partial charge in [0, 0.05) is 27.5 Å². The van der Waals surface area contributed by atoms with Crippen LogP contribution in [-0.4, -0.2) is 4.98 Å². The summed E-state index contributed by atoms with van der Waals surface area (Å²) in [6.45, 7) is 2.21. The highest BCUT2D eigenvalue weighted by Crippen LogP contribution is 2.51. The second-order valence-electron chi connectivity index (χ2n) is 11.9. The Morgan fingerprint density at radius 3 is 1.78 bits per heavy atom. The molecular formula is C43H30N2O. The van der Waals surface area contributed by atoms with Crippen molar-refractivity contribution in [1.82, 2.24) is 4.98 Å². The Bertz CT molecular complexity index is 2360. The molecule has 218 valence electrons. The summed E-state index contributed by atoms with van der Waals surface area (Å²) >= 11 is 0. The van der Waals surface area contributed by atoms with Crippen LogP contribution in [0.5, 0.6) is 11.5 Å². The number of para-hydroxylation sites is 4. The molecule has 0 bridgehead atoms. The van der Waals surface area contributed by atoms with E-state index in [-0.39, 0.29) is 0 Å². The van der Waals surface area contributed by atoms with Crippen LogP contribution in [0.1, 0.15) is 5.56 Å². The molecule has 46 heavy (non-hydrogen) atoms. The van der Waals surface area contributed by atoms with Crippen molar-refractivity contribution in [3.05, 3.63) is 163 Å². The largest absolute Gasteiger partial charge is 0.453 e. The number of anilines is 3. The predicted molar refractivity (Wildman–Crippen MR) is 192 cm³/mol. The molecule has 3 nitrogen and oxygen atoms in total. The van der Waals surface area contributed by atoms with Gasteiger partial charge in [0.25, 0.3) is 0 Å². The van der Waals surface area contributed by atoms with Gasteiger partial charge in [0.05, 0.1) is 16.9 Å². The first-order valence-corrected chi connectivity index (χ1v) is 15.7. The zero-order valence-corrected chi connectivity index (χ0v) is 25.4. The van der Waals surface area contributed by atoms with E-state index in [2.05, 4.69) is 150 Å². The highest BCUT2D eigenvalue weighted by atomic mass is 16.5. The predicted octanol–water partition coefficient (Wildman–Crippen LogP) is 12.2. The maximum Gasteiger partial charge on any atom is 0.151 e. The van der Waals surface area contributed by atoms with Crippen molar-refractivity contribution in [2.24, 2.45) is 0 Å². The average Bonchev–Trinajstić information content (AvgIpc) is 3.49. The summed E-state index contributed by atoms with van der Waals surface area (Å²) in [4.78, 5) is 6.14. The fourth-order valence-electron chi connectivity index (χ4n) is 6.84. The third-order valence-corrected chi connectivity index (χ3v) is 9.12. The summed E-state index contributed by atoms with van der Waals surface area (Å²) in [6.07, 6.45) is 0. The molecule has 1 N–H and O–H groups in total. The molecule has 0 fully saturated rings. The minimum absolute atomic E-state index is 0.849. The quantitative estimate of drug-likeness (QED) is 0.221. The van der Waals surface area contributed by atoms with Gasteiger partial charge in [0.2, 0.25) is 0 Å². The molecule has 0 amide bonds. The van der Waals surface area contributed by atoms with Gasteiger partial charge in [0.15, 0.2) is 11.5 Å². The van der Waals surface area contributed by atoms with Crippen LogP contribution in [0.25, 0.3) is 55.2 Å². The Kier molecular flexibility index (Phi) is 6.04. The lowest BCUT2D eigenvalue weighted by atomic mass is 9.92. The molecule has 7 aromatic carbocycles. The third-order valence-electron chi connectivity index (χ3n) is 9.12. The smallest absolute Gasteiger partial charge is 0.151 e. The second kappa shape index (κ2) is 10.5. The minimum Gasteiger partial charge on any atom is -0.453 e. The molecule has 2 heterocycles. The highest BCUT2D eigenvalue weighted by Gasteiger charge is 2.26. The Morgan fingerprint density at radius 2 is 1.09 bits per heavy atom. The molecular weight excluding hydrogens is 560 g/mol. The normalized spacial score (nSPS) is 12.2. The summed E-state index contributed by atoms with van der Waals surface area (Å²) < 4.78 is 6.32. The number of aryl methyl sites for hydroxylation is 1. The van der Waals surface area contributed by atoms with E-state index in [4.69, 9.17) is 4.74 Å². The van der Waals surface area contributed by atoms with Gasteiger partial charge in [0.1, 0.15) is 0 Å². The highest BCUT2D eigenvalue weighted by molar-refractivity contribution is 6.14. The lowest BCUT2D eigenvalue weighted by Crippen LogP contribution is -2.15. The number of H-pyrrole nitrogens is 1. The van der Waals surface area contributed by atoms with Gasteiger partial charge in [-0.1, -0.05) is 97.1 Å². The van der Waals surface area contributed by atoms with E-state index in [1.54, 1.807) is 0 Å². The van der Waals surface area contributed by atoms with E-state index in [0.717, 1.165) is 39.6 Å². The molecule has 8 aromatic rings. The number of rotatable bonds is 4. The monoisotopic (exact) mass is 590 g/mol. The van der Waals surface area contributed by atoms with Crippen LogP contribution < -0.4 is 9.64 Å². The zero-order chi connectivity index (χ0) is 30.6. The van der Waals surface area contributed by atoms with E-state index in [1.807, 2.05) is 24.3 Å². The standard InChI is InChI=1S/C43H30N2O/c1-28-20-22-33(45-39-16-8-10-18-41(39)46-42-19-11-9-17-40(42)45)27-34(28)36-25-32(30-14-6-3-7-15-30)26-37-35-24-31(29-12-4-2-5-13-29)21-23-38(35)44-43(36)37/h2-27,44H,1H3. The number of benzene rings is 7. The van der Waals surface area contributed by atoms with Crippen molar-refractivity contribution in [2.75, 3.05) is 4.90 Å². The fraction of sp³-hybridized carbons (Fsp3) is 0.0233. The molecule has 1 aliphatic rings. The summed E-state index contributed by atoms with van der Waals surface area (Å²) in [7, 11) is 0. The lowest BCUT2D eigenvalue weighted by molar-refractivity contribution is 0.477. The molecule has 1 aromatic heterocycles. The summed E-state index contributed by atoms with van der Waals surface area (Å²) in [5, 5.41) is 2.44. The topological polar surface area (TPSA) is 28.3 Å². The molecule has 0 spiro atoms. The number of nitrogens with zero attached hydrogens (tertiary/aromatic N) is 1. The van der Waals surface area contributed by atoms with Crippen LogP contribution in [0.4, 0.5) is 17.1 Å². The van der Waals surface area contributed by atoms with Crippen molar-refractivity contribution in [3.8, 4) is 44.9 Å². The molecule has 0 saturated carbocycles. The number of nitrogens with one attached hydrogen (secondary N) is 1. The van der Waals surface area contributed by atoms with Gasteiger partial charge in [-0.2, -0.15) is 0 Å². The van der Waals surface area contributed by atoms with Gasteiger partial charge in [-0.15, -0.1) is 0 Å². The molecule has 0 aliphatic carbocycles. The lowest BCUT2D eigenvalue weighted by Gasteiger charge is -2.33. The Morgan fingerprint density at radius 1 is 0.478 bits per heavy atom. The van der Waals surface area contributed by atoms with E-state index in [9.17, 15) is 0 Å². The van der Waals surface area contributed by atoms with Crippen LogP contribution >= 0.6 is 0 Å². The van der Waals surface area contributed by atoms with Crippen molar-refractivity contribution < 1.29 is 4.74 Å². The molecule has 0 unspecified atom stereocenters. The Balaban J connectivity index is 1.29. The van der Waals surface area contributed by atoms with Crippen LogP contribution in [0.3, 0.4) is 0 Å². The Hall–Kier alpha value is -6.06.